The van der Waals surface area contributed by atoms with Crippen LogP contribution in [0.25, 0.3) is 0 Å². The molecule has 2 N–H and O–H groups in total. The molecule has 0 aliphatic carbocycles. The number of piperidine rings is 1. The van der Waals surface area contributed by atoms with Gasteiger partial charge in [-0.05, 0) is 24.3 Å². The van der Waals surface area contributed by atoms with Gasteiger partial charge in [0.1, 0.15) is 10.4 Å². The number of methoxy groups -OCH3 is 1. The molecule has 11 heteroatoms. The molecule has 0 aromatic carbocycles. The second kappa shape index (κ2) is 8.23. The number of hydrogen-bond acceptors (Lipinski definition) is 8. The first kappa shape index (κ1) is 18.3. The van der Waals surface area contributed by atoms with Gasteiger partial charge >= 0.3 is 12.0 Å². The number of anilines is 2. The number of aromatic nitrogens is 2. The minimum atomic E-state index is -0.484. The van der Waals surface area contributed by atoms with Crippen LogP contribution < -0.4 is 10.6 Å². The van der Waals surface area contributed by atoms with E-state index in [0.717, 1.165) is 0 Å². The van der Waals surface area contributed by atoms with Gasteiger partial charge in [0.05, 0.1) is 12.8 Å². The normalized spacial score (nSPS) is 14.7. The van der Waals surface area contributed by atoms with Crippen LogP contribution in [-0.2, 0) is 9.53 Å². The molecule has 1 saturated heterocycles. The molecule has 0 saturated carbocycles. The Morgan fingerprint density at radius 3 is 2.65 bits per heavy atom. The molecule has 2 aromatic heterocycles. The lowest BCUT2D eigenvalue weighted by Gasteiger charge is -2.31. The molecule has 2 aromatic rings. The third-order valence-corrected chi connectivity index (χ3v) is 5.52. The number of urea groups is 1. The van der Waals surface area contributed by atoms with E-state index in [0.29, 0.717) is 41.6 Å². The van der Waals surface area contributed by atoms with Gasteiger partial charge in [-0.25, -0.2) is 9.59 Å². The van der Waals surface area contributed by atoms with Gasteiger partial charge in [-0.1, -0.05) is 11.3 Å². The van der Waals surface area contributed by atoms with Gasteiger partial charge in [0, 0.05) is 19.0 Å². The van der Waals surface area contributed by atoms with Crippen molar-refractivity contribution in [2.24, 2.45) is 5.92 Å². The van der Waals surface area contributed by atoms with Crippen molar-refractivity contribution in [3.05, 3.63) is 21.8 Å². The van der Waals surface area contributed by atoms with Crippen molar-refractivity contribution < 1.29 is 19.1 Å². The number of esters is 1. The van der Waals surface area contributed by atoms with Crippen LogP contribution in [0.15, 0.2) is 17.0 Å². The molecule has 3 amide bonds. The summed E-state index contributed by atoms with van der Waals surface area (Å²) in [5.41, 5.74) is 1.98. The Labute approximate surface area is 157 Å². The minimum absolute atomic E-state index is 0.104. The average molecular weight is 395 g/mol. The lowest BCUT2D eigenvalue weighted by molar-refractivity contribution is -0.121. The van der Waals surface area contributed by atoms with Gasteiger partial charge in [0.2, 0.25) is 11.0 Å². The van der Waals surface area contributed by atoms with Crippen molar-refractivity contribution in [1.29, 1.82) is 0 Å². The Balaban J connectivity index is 1.51. The largest absolute Gasteiger partial charge is 0.465 e. The van der Waals surface area contributed by atoms with Crippen LogP contribution in [0.2, 0.25) is 0 Å². The van der Waals surface area contributed by atoms with Crippen LogP contribution in [0, 0.1) is 5.92 Å². The molecule has 1 fully saturated rings. The van der Waals surface area contributed by atoms with E-state index in [-0.39, 0.29) is 17.9 Å². The van der Waals surface area contributed by atoms with E-state index in [1.807, 2.05) is 0 Å². The third kappa shape index (κ3) is 4.17. The first-order chi connectivity index (χ1) is 12.6. The molecule has 1 aliphatic rings. The van der Waals surface area contributed by atoms with Crippen molar-refractivity contribution in [3.8, 4) is 0 Å². The average Bonchev–Trinajstić information content (AvgIpc) is 3.33. The van der Waals surface area contributed by atoms with Gasteiger partial charge < -0.3 is 20.3 Å². The number of hydrogen-bond donors (Lipinski definition) is 2. The van der Waals surface area contributed by atoms with E-state index in [4.69, 9.17) is 4.74 Å². The van der Waals surface area contributed by atoms with Crippen LogP contribution in [0.5, 0.6) is 0 Å². The lowest BCUT2D eigenvalue weighted by atomic mass is 9.96. The minimum Gasteiger partial charge on any atom is -0.465 e. The molecule has 26 heavy (non-hydrogen) atoms. The topological polar surface area (TPSA) is 114 Å². The Hall–Kier alpha value is -2.53. The predicted octanol–water partition coefficient (Wildman–Crippen LogP) is 2.27. The Bertz CT molecular complexity index is 784. The highest BCUT2D eigenvalue weighted by Crippen LogP contribution is 2.25. The number of nitrogens with one attached hydrogen (secondary N) is 2. The third-order valence-electron chi connectivity index (χ3n) is 4.02. The summed E-state index contributed by atoms with van der Waals surface area (Å²) in [6.45, 7) is 0.912. The second-order valence-corrected chi connectivity index (χ2v) is 7.33. The summed E-state index contributed by atoms with van der Waals surface area (Å²) >= 11 is 2.47. The van der Waals surface area contributed by atoms with Crippen molar-refractivity contribution in [2.75, 3.05) is 30.8 Å². The van der Waals surface area contributed by atoms with Crippen LogP contribution in [0.3, 0.4) is 0 Å². The number of rotatable bonds is 4. The summed E-state index contributed by atoms with van der Waals surface area (Å²) in [4.78, 5) is 38.3. The van der Waals surface area contributed by atoms with E-state index >= 15 is 0 Å². The zero-order valence-corrected chi connectivity index (χ0v) is 15.6. The van der Waals surface area contributed by atoms with Gasteiger partial charge in [-0.15, -0.1) is 21.5 Å². The molecule has 138 valence electrons. The maximum absolute atomic E-state index is 12.4. The van der Waals surface area contributed by atoms with Crippen molar-refractivity contribution in [3.63, 3.8) is 0 Å². The Morgan fingerprint density at radius 1 is 1.23 bits per heavy atom. The molecule has 3 rings (SSSR count). The summed E-state index contributed by atoms with van der Waals surface area (Å²) < 4.78 is 4.70. The van der Waals surface area contributed by atoms with Gasteiger partial charge in [0.25, 0.3) is 0 Å². The summed E-state index contributed by atoms with van der Waals surface area (Å²) in [6, 6.07) is 1.37. The zero-order chi connectivity index (χ0) is 18.5. The second-order valence-electron chi connectivity index (χ2n) is 5.58. The molecule has 0 bridgehead atoms. The van der Waals surface area contributed by atoms with Crippen molar-refractivity contribution in [2.45, 2.75) is 12.8 Å². The number of likely N-dealkylation sites (tertiary alicyclic amines) is 1. The number of thiophene rings is 1. The van der Waals surface area contributed by atoms with E-state index in [2.05, 4.69) is 20.8 Å². The number of ether oxygens (including phenoxy) is 1. The maximum Gasteiger partial charge on any atom is 0.350 e. The van der Waals surface area contributed by atoms with Gasteiger partial charge in [-0.3, -0.25) is 4.79 Å². The smallest absolute Gasteiger partial charge is 0.350 e. The fraction of sp³-hybridized carbons (Fsp3) is 0.400. The Morgan fingerprint density at radius 2 is 2.00 bits per heavy atom. The Kier molecular flexibility index (Phi) is 5.78. The fourth-order valence-electron chi connectivity index (χ4n) is 2.63. The van der Waals surface area contributed by atoms with Gasteiger partial charge in [-0.2, -0.15) is 0 Å². The highest BCUT2D eigenvalue weighted by molar-refractivity contribution is 7.13. The van der Waals surface area contributed by atoms with Crippen molar-refractivity contribution in [1.82, 2.24) is 15.1 Å². The number of carbonyl (C=O) groups is 3. The molecule has 1 aliphatic heterocycles. The first-order valence-corrected chi connectivity index (χ1v) is 9.63. The number of carbonyl (C=O) groups excluding carboxylic acids is 3. The summed E-state index contributed by atoms with van der Waals surface area (Å²) in [7, 11) is 1.30. The predicted molar refractivity (Wildman–Crippen MR) is 97.5 cm³/mol. The van der Waals surface area contributed by atoms with Crippen LogP contribution >= 0.6 is 22.7 Å². The summed E-state index contributed by atoms with van der Waals surface area (Å²) in [5, 5.41) is 15.1. The highest BCUT2D eigenvalue weighted by Gasteiger charge is 2.28. The van der Waals surface area contributed by atoms with Crippen LogP contribution in [-0.4, -0.2) is 53.2 Å². The molecule has 0 spiro atoms. The SMILES string of the molecule is COC(=O)c1sccc1NC(=O)N1CCC(C(=O)Nc2nncs2)CC1. The molecule has 0 atom stereocenters. The van der Waals surface area contributed by atoms with E-state index < -0.39 is 5.97 Å². The maximum atomic E-state index is 12.4. The fourth-order valence-corrected chi connectivity index (χ4v) is 3.85. The molecule has 0 unspecified atom stereocenters. The van der Waals surface area contributed by atoms with Crippen LogP contribution in [0.1, 0.15) is 22.5 Å². The molecule has 3 heterocycles. The summed E-state index contributed by atoms with van der Waals surface area (Å²) in [6.07, 6.45) is 1.12. The highest BCUT2D eigenvalue weighted by atomic mass is 32.1. The standard InChI is InChI=1S/C15H17N5O4S2/c1-24-13(22)11-10(4-7-25-11)17-15(23)20-5-2-9(3-6-20)12(21)18-14-19-16-8-26-14/h4,7-9H,2-3,5-6H2,1H3,(H,17,23)(H,18,19,21). The van der Waals surface area contributed by atoms with Crippen LogP contribution in [0.4, 0.5) is 15.6 Å². The number of nitrogens with zero attached hydrogens (tertiary/aromatic N) is 3. The first-order valence-electron chi connectivity index (χ1n) is 7.87. The van der Waals surface area contributed by atoms with E-state index in [1.165, 1.54) is 29.8 Å². The van der Waals surface area contributed by atoms with E-state index in [9.17, 15) is 14.4 Å². The quantitative estimate of drug-likeness (QED) is 0.768. The molecule has 0 radical (unpaired) electrons. The lowest BCUT2D eigenvalue weighted by Crippen LogP contribution is -2.43. The molecule has 9 nitrogen and oxygen atoms in total. The zero-order valence-electron chi connectivity index (χ0n) is 13.9. The van der Waals surface area contributed by atoms with Crippen molar-refractivity contribution >= 4 is 51.4 Å². The summed E-state index contributed by atoms with van der Waals surface area (Å²) in [5.74, 6) is -0.760. The van der Waals surface area contributed by atoms with E-state index in [1.54, 1.807) is 21.9 Å². The monoisotopic (exact) mass is 395 g/mol. The number of amides is 3. The van der Waals surface area contributed by atoms with Gasteiger partial charge in [0.15, 0.2) is 0 Å². The molecular weight excluding hydrogens is 378 g/mol. The molecular formula is C15H17N5O4S2.